The van der Waals surface area contributed by atoms with Gasteiger partial charge in [0.1, 0.15) is 18.8 Å². The van der Waals surface area contributed by atoms with Crippen LogP contribution in [-0.4, -0.2) is 54.8 Å². The zero-order valence-electron chi connectivity index (χ0n) is 28.8. The molecule has 0 spiro atoms. The molecule has 0 heterocycles. The van der Waals surface area contributed by atoms with Crippen LogP contribution in [0.3, 0.4) is 0 Å². The Morgan fingerprint density at radius 2 is 1.40 bits per heavy atom. The van der Waals surface area contributed by atoms with Crippen LogP contribution in [0.5, 0.6) is 0 Å². The van der Waals surface area contributed by atoms with Crippen molar-refractivity contribution < 1.29 is 27.5 Å². The van der Waals surface area contributed by atoms with Gasteiger partial charge in [-0.2, -0.15) is 4.31 Å². The summed E-state index contributed by atoms with van der Waals surface area (Å²) >= 11 is 0. The van der Waals surface area contributed by atoms with Gasteiger partial charge in [0.2, 0.25) is 10.0 Å². The Kier molecular flexibility index (Phi) is 10.9. The van der Waals surface area contributed by atoms with Gasteiger partial charge in [-0.15, -0.1) is 0 Å². The molecule has 262 valence electrons. The average Bonchev–Trinajstić information content (AvgIpc) is 3.44. The molecule has 9 heteroatoms. The topological polar surface area (TPSA) is 102 Å². The number of nitrogens with one attached hydrogen (secondary N) is 1. The Bertz CT molecular complexity index is 1470. The second-order valence-electron chi connectivity index (χ2n) is 15.4. The Labute approximate surface area is 287 Å². The maximum atomic E-state index is 14.8. The van der Waals surface area contributed by atoms with Crippen molar-refractivity contribution in [1.29, 1.82) is 0 Å². The molecule has 48 heavy (non-hydrogen) atoms. The normalized spacial score (nSPS) is 26.6. The lowest BCUT2D eigenvalue weighted by atomic mass is 9.69. The SMILES string of the molecule is CC1(C)[C@H]2CC[C@]1(CS(=O)(=O)N(C1CCCCC1)C1CCCCC1)[C@@H](OC(=O)[C@H](Cc1ccccc1)NC(=O)OCc1ccccc1)C2. The fourth-order valence-corrected chi connectivity index (χ4v) is 12.3. The molecule has 4 aliphatic carbocycles. The Balaban J connectivity index is 1.22. The number of carbonyl (C=O) groups excluding carboxylic acids is 2. The first-order valence-electron chi connectivity index (χ1n) is 18.3. The molecule has 6 rings (SSSR count). The van der Waals surface area contributed by atoms with Gasteiger partial charge in [0, 0.05) is 23.9 Å². The molecule has 4 saturated carbocycles. The molecule has 2 aromatic carbocycles. The first-order valence-corrected chi connectivity index (χ1v) is 19.9. The van der Waals surface area contributed by atoms with E-state index >= 15 is 0 Å². The second kappa shape index (κ2) is 14.9. The third-order valence-electron chi connectivity index (χ3n) is 12.3. The summed E-state index contributed by atoms with van der Waals surface area (Å²) in [6, 6.07) is 18.1. The van der Waals surface area contributed by atoms with Gasteiger partial charge in [-0.1, -0.05) is 113 Å². The van der Waals surface area contributed by atoms with Gasteiger partial charge in [0.15, 0.2) is 0 Å². The molecular weight excluding hydrogens is 625 g/mol. The minimum absolute atomic E-state index is 0.00431. The number of sulfonamides is 1. The molecule has 4 aliphatic rings. The highest BCUT2D eigenvalue weighted by atomic mass is 32.2. The van der Waals surface area contributed by atoms with Crippen molar-refractivity contribution in [2.45, 2.75) is 135 Å². The monoisotopic (exact) mass is 678 g/mol. The molecule has 8 nitrogen and oxygen atoms in total. The van der Waals surface area contributed by atoms with Crippen molar-refractivity contribution in [2.24, 2.45) is 16.7 Å². The highest BCUT2D eigenvalue weighted by Gasteiger charge is 2.67. The molecule has 2 aromatic rings. The van der Waals surface area contributed by atoms with E-state index in [1.54, 1.807) is 0 Å². The Morgan fingerprint density at radius 3 is 1.96 bits per heavy atom. The molecule has 0 radical (unpaired) electrons. The highest BCUT2D eigenvalue weighted by molar-refractivity contribution is 7.89. The van der Waals surface area contributed by atoms with Gasteiger partial charge >= 0.3 is 12.1 Å². The molecule has 0 aliphatic heterocycles. The summed E-state index contributed by atoms with van der Waals surface area (Å²) < 4.78 is 43.5. The van der Waals surface area contributed by atoms with Crippen molar-refractivity contribution >= 4 is 22.1 Å². The Hall–Kier alpha value is -2.91. The van der Waals surface area contributed by atoms with E-state index in [4.69, 9.17) is 9.47 Å². The van der Waals surface area contributed by atoms with Crippen LogP contribution in [0.4, 0.5) is 4.79 Å². The largest absolute Gasteiger partial charge is 0.460 e. The number of alkyl carbamates (subject to hydrolysis) is 1. The second-order valence-corrected chi connectivity index (χ2v) is 17.3. The number of fused-ring (bicyclic) bond motifs is 2. The van der Waals surface area contributed by atoms with Crippen LogP contribution in [0, 0.1) is 16.7 Å². The van der Waals surface area contributed by atoms with E-state index in [9.17, 15) is 18.0 Å². The summed E-state index contributed by atoms with van der Waals surface area (Å²) in [7, 11) is -3.66. The smallest absolute Gasteiger partial charge is 0.408 e. The van der Waals surface area contributed by atoms with E-state index in [0.29, 0.717) is 12.8 Å². The van der Waals surface area contributed by atoms with Crippen LogP contribution in [0.25, 0.3) is 0 Å². The number of nitrogens with zero attached hydrogens (tertiary/aromatic N) is 1. The van der Waals surface area contributed by atoms with Crippen molar-refractivity contribution in [3.63, 3.8) is 0 Å². The van der Waals surface area contributed by atoms with Crippen LogP contribution in [0.15, 0.2) is 60.7 Å². The van der Waals surface area contributed by atoms with Gasteiger partial charge in [0.05, 0.1) is 5.75 Å². The van der Waals surface area contributed by atoms with Gasteiger partial charge in [0.25, 0.3) is 0 Å². The molecule has 2 bridgehead atoms. The van der Waals surface area contributed by atoms with E-state index in [1.807, 2.05) is 65.0 Å². The summed E-state index contributed by atoms with van der Waals surface area (Å²) in [6.45, 7) is 4.44. The molecule has 0 aromatic heterocycles. The molecule has 0 saturated heterocycles. The van der Waals surface area contributed by atoms with Crippen LogP contribution in [0.2, 0.25) is 0 Å². The van der Waals surface area contributed by atoms with Crippen molar-refractivity contribution in [1.82, 2.24) is 9.62 Å². The molecule has 4 fully saturated rings. The van der Waals surface area contributed by atoms with Gasteiger partial charge in [-0.3, -0.25) is 0 Å². The zero-order chi connectivity index (χ0) is 33.8. The van der Waals surface area contributed by atoms with Gasteiger partial charge < -0.3 is 14.8 Å². The van der Waals surface area contributed by atoms with E-state index in [1.165, 1.54) is 12.8 Å². The molecule has 4 atom stereocenters. The van der Waals surface area contributed by atoms with E-state index < -0.39 is 39.6 Å². The fourth-order valence-electron chi connectivity index (χ4n) is 9.50. The van der Waals surface area contributed by atoms with E-state index in [-0.39, 0.29) is 42.2 Å². The maximum absolute atomic E-state index is 14.8. The van der Waals surface area contributed by atoms with E-state index in [0.717, 1.165) is 68.9 Å². The van der Waals surface area contributed by atoms with Crippen LogP contribution >= 0.6 is 0 Å². The minimum Gasteiger partial charge on any atom is -0.460 e. The maximum Gasteiger partial charge on any atom is 0.408 e. The number of ether oxygens (including phenoxy) is 2. The molecule has 1 N–H and O–H groups in total. The van der Waals surface area contributed by atoms with Crippen LogP contribution in [-0.2, 0) is 37.3 Å². The molecule has 0 unspecified atom stereocenters. The lowest BCUT2D eigenvalue weighted by Crippen LogP contribution is -2.55. The molecular formula is C39H54N2O6S. The number of benzene rings is 2. The summed E-state index contributed by atoms with van der Waals surface area (Å²) in [5.41, 5.74) is 0.715. The number of carbonyl (C=O) groups is 2. The van der Waals surface area contributed by atoms with Crippen molar-refractivity contribution in [2.75, 3.05) is 5.75 Å². The molecule has 1 amide bonds. The lowest BCUT2D eigenvalue weighted by molar-refractivity contribution is -0.159. The standard InChI is InChI=1S/C39H54N2O6S/c1-38(2)31-23-24-39(38,28-48(44,45)41(32-19-11-5-12-20-32)33-21-13-6-14-22-33)35(26-31)47-36(42)34(25-29-15-7-3-8-16-29)40-37(43)46-27-30-17-9-4-10-18-30/h3-4,7-10,15-18,31-35H,5-6,11-14,19-28H2,1-2H3,(H,40,43)/t31-,34-,35-,39-/m0/s1. The summed E-state index contributed by atoms with van der Waals surface area (Å²) in [4.78, 5) is 27.1. The van der Waals surface area contributed by atoms with E-state index in [2.05, 4.69) is 19.2 Å². The van der Waals surface area contributed by atoms with Crippen LogP contribution in [0.1, 0.15) is 108 Å². The number of rotatable bonds is 12. The first kappa shape index (κ1) is 34.9. The van der Waals surface area contributed by atoms with Gasteiger partial charge in [-0.05, 0) is 67.4 Å². The summed E-state index contributed by atoms with van der Waals surface area (Å²) in [5.74, 6) is -0.276. The summed E-state index contributed by atoms with van der Waals surface area (Å²) in [5, 5.41) is 2.78. The summed E-state index contributed by atoms with van der Waals surface area (Å²) in [6.07, 6.45) is 11.6. The predicted octanol–water partition coefficient (Wildman–Crippen LogP) is 7.56. The predicted molar refractivity (Wildman–Crippen MR) is 187 cm³/mol. The number of esters is 1. The average molecular weight is 679 g/mol. The van der Waals surface area contributed by atoms with Crippen molar-refractivity contribution in [3.05, 3.63) is 71.8 Å². The first-order chi connectivity index (χ1) is 23.1. The Morgan fingerprint density at radius 1 is 0.833 bits per heavy atom. The van der Waals surface area contributed by atoms with Crippen LogP contribution < -0.4 is 5.32 Å². The third-order valence-corrected chi connectivity index (χ3v) is 14.4. The third kappa shape index (κ3) is 7.47. The number of hydrogen-bond acceptors (Lipinski definition) is 6. The fraction of sp³-hybridized carbons (Fsp3) is 0.641. The van der Waals surface area contributed by atoms with Gasteiger partial charge in [-0.25, -0.2) is 18.0 Å². The minimum atomic E-state index is -3.66. The zero-order valence-corrected chi connectivity index (χ0v) is 29.6. The lowest BCUT2D eigenvalue weighted by Gasteiger charge is -2.46. The van der Waals surface area contributed by atoms with Crippen molar-refractivity contribution in [3.8, 4) is 0 Å². The quantitative estimate of drug-likeness (QED) is 0.233. The number of hydrogen-bond donors (Lipinski definition) is 1. The highest BCUT2D eigenvalue weighted by Crippen LogP contribution is 2.67. The number of amides is 1.